The Kier molecular flexibility index (Phi) is 8.04. The Morgan fingerprint density at radius 2 is 1.22 bits per heavy atom. The Bertz CT molecular complexity index is 952. The minimum absolute atomic E-state index is 0.00910. The Balaban J connectivity index is 2.74. The van der Waals surface area contributed by atoms with Gasteiger partial charge in [0, 0.05) is 25.1 Å². The molecule has 0 radical (unpaired) electrons. The molecular weight excluding hydrogens is 533 g/mol. The van der Waals surface area contributed by atoms with Gasteiger partial charge in [-0.3, -0.25) is 4.79 Å². The third kappa shape index (κ3) is 4.75. The average Bonchev–Trinajstić information content (AvgIpc) is 2.78. The van der Waals surface area contributed by atoms with Crippen LogP contribution in [0.1, 0.15) is 5.56 Å². The van der Waals surface area contributed by atoms with Gasteiger partial charge in [0.1, 0.15) is 6.29 Å². The molecule has 0 aliphatic carbocycles. The van der Waals surface area contributed by atoms with Crippen molar-refractivity contribution in [1.29, 1.82) is 0 Å². The highest BCUT2D eigenvalue weighted by Crippen LogP contribution is 2.61. The van der Waals surface area contributed by atoms with Gasteiger partial charge < -0.3 is 9.64 Å². The number of hydrogen-bond acceptors (Lipinski definition) is 3. The molecule has 0 unspecified atom stereocenters. The van der Waals surface area contributed by atoms with Gasteiger partial charge in [0.2, 0.25) is 0 Å². The fourth-order valence-electron chi connectivity index (χ4n) is 3.31. The van der Waals surface area contributed by atoms with E-state index in [0.717, 1.165) is 0 Å². The summed E-state index contributed by atoms with van der Waals surface area (Å²) >= 11 is 0. The molecule has 0 aromatic heterocycles. The van der Waals surface area contributed by atoms with Crippen LogP contribution in [0.25, 0.3) is 0 Å². The number of carbonyl (C=O) groups is 1. The lowest BCUT2D eigenvalue weighted by Gasteiger charge is -2.43. The lowest BCUT2D eigenvalue weighted by molar-refractivity contribution is -0.437. The first-order valence-electron chi connectivity index (χ1n) is 9.78. The summed E-state index contributed by atoms with van der Waals surface area (Å²) in [4.78, 5) is 11.8. The van der Waals surface area contributed by atoms with E-state index in [-0.39, 0.29) is 10.5 Å². The van der Waals surface area contributed by atoms with Crippen molar-refractivity contribution in [2.75, 3.05) is 26.3 Å². The fourth-order valence-corrected chi connectivity index (χ4v) is 3.31. The molecule has 0 atom stereocenters. The maximum atomic E-state index is 15.1. The molecule has 2 rings (SSSR count). The third-order valence-electron chi connectivity index (χ3n) is 5.24. The number of nitrogens with zero attached hydrogens (tertiary/aromatic N) is 1. The molecule has 1 aliphatic rings. The highest BCUT2D eigenvalue weighted by molar-refractivity contribution is 5.76. The maximum Gasteiger partial charge on any atom is 0.460 e. The second-order valence-electron chi connectivity index (χ2n) is 7.62. The number of morpholine rings is 1. The Labute approximate surface area is 194 Å². The van der Waals surface area contributed by atoms with Gasteiger partial charge in [-0.1, -0.05) is 30.3 Å². The van der Waals surface area contributed by atoms with Gasteiger partial charge in [0.25, 0.3) is 0 Å². The van der Waals surface area contributed by atoms with Crippen molar-refractivity contribution in [2.45, 2.75) is 42.2 Å². The molecular formula is C20H16F13NO2. The number of allylic oxidation sites excluding steroid dienone is 2. The molecule has 0 amide bonds. The average molecular weight is 549 g/mol. The summed E-state index contributed by atoms with van der Waals surface area (Å²) in [6, 6.07) is 6.44. The molecule has 1 aromatic rings. The van der Waals surface area contributed by atoms with Gasteiger partial charge in [0.05, 0.1) is 18.9 Å². The monoisotopic (exact) mass is 549 g/mol. The molecule has 0 N–H and O–H groups in total. The van der Waals surface area contributed by atoms with Crippen LogP contribution in [0, 0.1) is 0 Å². The van der Waals surface area contributed by atoms with Crippen molar-refractivity contribution in [3.05, 3.63) is 47.2 Å². The summed E-state index contributed by atoms with van der Waals surface area (Å²) in [7, 11) is 0. The van der Waals surface area contributed by atoms with E-state index in [1.54, 1.807) is 0 Å². The van der Waals surface area contributed by atoms with Crippen LogP contribution in [0.4, 0.5) is 57.1 Å². The topological polar surface area (TPSA) is 29.5 Å². The van der Waals surface area contributed by atoms with Crippen molar-refractivity contribution >= 4 is 6.29 Å². The molecule has 1 fully saturated rings. The molecule has 0 spiro atoms. The highest BCUT2D eigenvalue weighted by atomic mass is 19.4. The number of ether oxygens (including phenoxy) is 1. The van der Waals surface area contributed by atoms with E-state index in [0.29, 0.717) is 0 Å². The van der Waals surface area contributed by atoms with Crippen LogP contribution in [-0.2, 0) is 16.0 Å². The lowest BCUT2D eigenvalue weighted by Crippen LogP contribution is -2.71. The minimum Gasteiger partial charge on any atom is -0.378 e. The van der Waals surface area contributed by atoms with Gasteiger partial charge in [-0.15, -0.1) is 0 Å². The predicted octanol–water partition coefficient (Wildman–Crippen LogP) is 5.75. The number of halogens is 13. The first kappa shape index (κ1) is 29.7. The maximum absolute atomic E-state index is 15.1. The molecule has 1 aliphatic heterocycles. The van der Waals surface area contributed by atoms with E-state index in [1.165, 1.54) is 30.3 Å². The van der Waals surface area contributed by atoms with Crippen LogP contribution in [0.5, 0.6) is 0 Å². The first-order chi connectivity index (χ1) is 16.3. The quantitative estimate of drug-likeness (QED) is 0.223. The first-order valence-corrected chi connectivity index (χ1v) is 9.78. The summed E-state index contributed by atoms with van der Waals surface area (Å²) in [5.41, 5.74) is -3.57. The van der Waals surface area contributed by atoms with Gasteiger partial charge in [0.15, 0.2) is 0 Å². The van der Waals surface area contributed by atoms with E-state index < -0.39 is 86.1 Å². The number of hydrogen-bond donors (Lipinski definition) is 0. The molecule has 16 heteroatoms. The molecule has 0 bridgehead atoms. The number of aldehydes is 1. The second kappa shape index (κ2) is 9.74. The number of carbonyl (C=O) groups excluding carboxylic acids is 1. The van der Waals surface area contributed by atoms with Crippen LogP contribution in [0.2, 0.25) is 0 Å². The van der Waals surface area contributed by atoms with Gasteiger partial charge in [-0.2, -0.15) is 57.1 Å². The van der Waals surface area contributed by atoms with E-state index >= 15 is 8.78 Å². The van der Waals surface area contributed by atoms with E-state index in [4.69, 9.17) is 4.74 Å². The third-order valence-corrected chi connectivity index (χ3v) is 5.24. The van der Waals surface area contributed by atoms with Crippen LogP contribution < -0.4 is 0 Å². The molecule has 1 saturated heterocycles. The van der Waals surface area contributed by atoms with Crippen molar-refractivity contribution in [3.63, 3.8) is 0 Å². The Morgan fingerprint density at radius 3 is 1.67 bits per heavy atom. The van der Waals surface area contributed by atoms with E-state index in [9.17, 15) is 53.1 Å². The molecule has 3 nitrogen and oxygen atoms in total. The molecule has 1 heterocycles. The van der Waals surface area contributed by atoms with Crippen LogP contribution in [0.3, 0.4) is 0 Å². The van der Waals surface area contributed by atoms with Crippen molar-refractivity contribution in [3.8, 4) is 0 Å². The van der Waals surface area contributed by atoms with Gasteiger partial charge in [-0.05, 0) is 5.56 Å². The minimum atomic E-state index is -8.03. The standard InChI is InChI=1S/C20H16F13NO2/c21-15(22,16(23,24)17(25,26)18(27,28)19(29,30)20(31,32)33)14(34-6-8-36-9-7-34)13(11-35)10-12-4-2-1-3-5-12/h1-5,11H,6-10H2/b14-13+. The second-order valence-corrected chi connectivity index (χ2v) is 7.62. The zero-order valence-electron chi connectivity index (χ0n) is 17.7. The summed E-state index contributed by atoms with van der Waals surface area (Å²) < 4.78 is 183. The fraction of sp³-hybridized carbons (Fsp3) is 0.550. The largest absolute Gasteiger partial charge is 0.460 e. The smallest absolute Gasteiger partial charge is 0.378 e. The number of benzene rings is 1. The van der Waals surface area contributed by atoms with Gasteiger partial charge >= 0.3 is 35.8 Å². The summed E-state index contributed by atoms with van der Waals surface area (Å²) in [6.45, 7) is -2.48. The van der Waals surface area contributed by atoms with Gasteiger partial charge in [-0.25, -0.2) is 0 Å². The van der Waals surface area contributed by atoms with Crippen molar-refractivity contribution < 1.29 is 66.6 Å². The molecule has 204 valence electrons. The predicted molar refractivity (Wildman–Crippen MR) is 96.4 cm³/mol. The van der Waals surface area contributed by atoms with Crippen LogP contribution in [0.15, 0.2) is 41.6 Å². The molecule has 36 heavy (non-hydrogen) atoms. The van der Waals surface area contributed by atoms with E-state index in [1.807, 2.05) is 0 Å². The highest BCUT2D eigenvalue weighted by Gasteiger charge is 2.91. The van der Waals surface area contributed by atoms with Crippen LogP contribution in [-0.4, -0.2) is 73.3 Å². The summed E-state index contributed by atoms with van der Waals surface area (Å²) in [5, 5.41) is 0. The molecule has 1 aromatic carbocycles. The summed E-state index contributed by atoms with van der Waals surface area (Å²) in [5.74, 6) is -37.9. The summed E-state index contributed by atoms with van der Waals surface area (Å²) in [6.07, 6.45) is -8.89. The normalized spacial score (nSPS) is 17.6. The SMILES string of the molecule is O=C/C(Cc1ccccc1)=C(/N1CCOCC1)C(F)(F)C(F)(F)C(F)(F)C(F)(F)C(F)(F)C(F)(F)F. The van der Waals surface area contributed by atoms with E-state index in [2.05, 4.69) is 0 Å². The molecule has 0 saturated carbocycles. The lowest BCUT2D eigenvalue weighted by atomic mass is 9.89. The van der Waals surface area contributed by atoms with Crippen molar-refractivity contribution in [2.24, 2.45) is 0 Å². The zero-order chi connectivity index (χ0) is 27.8. The zero-order valence-corrected chi connectivity index (χ0v) is 17.7. The Hall–Kier alpha value is -2.52. The number of alkyl halides is 13. The number of rotatable bonds is 9. The Morgan fingerprint density at radius 1 is 0.750 bits per heavy atom. The van der Waals surface area contributed by atoms with Crippen LogP contribution >= 0.6 is 0 Å². The van der Waals surface area contributed by atoms with Crippen molar-refractivity contribution in [1.82, 2.24) is 4.90 Å².